The zero-order valence-electron chi connectivity index (χ0n) is 13.5. The maximum Gasteiger partial charge on any atom is 0.275 e. The molecular formula is C16H15F2N3O4S. The molecular weight excluding hydrogens is 368 g/mol. The average molecular weight is 383 g/mol. The third-order valence-corrected chi connectivity index (χ3v) is 5.87. The predicted molar refractivity (Wildman–Crippen MR) is 92.5 cm³/mol. The minimum atomic E-state index is -3.32. The lowest BCUT2D eigenvalue weighted by atomic mass is 10.2. The van der Waals surface area contributed by atoms with Gasteiger partial charge in [-0.15, -0.1) is 0 Å². The molecule has 3 rings (SSSR count). The van der Waals surface area contributed by atoms with Crippen LogP contribution in [0.4, 0.5) is 25.8 Å². The molecule has 26 heavy (non-hydrogen) atoms. The van der Waals surface area contributed by atoms with Gasteiger partial charge in [0.05, 0.1) is 28.5 Å². The van der Waals surface area contributed by atoms with Crippen molar-refractivity contribution in [2.45, 2.75) is 13.0 Å². The van der Waals surface area contributed by atoms with E-state index in [4.69, 9.17) is 0 Å². The van der Waals surface area contributed by atoms with Gasteiger partial charge in [0.25, 0.3) is 5.69 Å². The zero-order valence-corrected chi connectivity index (χ0v) is 14.3. The molecule has 2 aromatic rings. The molecule has 0 bridgehead atoms. The van der Waals surface area contributed by atoms with Crippen LogP contribution < -0.4 is 9.62 Å². The monoisotopic (exact) mass is 383 g/mol. The standard InChI is InChI=1S/C16H15F2N3O4S/c17-14-8-13(21(22)23)9-15(18)16(14)19-10-11-3-1-4-12(7-11)20-5-2-6-26(20,24)25/h1,3-4,7-9,19H,2,5-6,10H2. The predicted octanol–water partition coefficient (Wildman–Crippen LogP) is 3.03. The number of anilines is 2. The van der Waals surface area contributed by atoms with Crippen molar-refractivity contribution in [1.82, 2.24) is 0 Å². The first-order chi connectivity index (χ1) is 12.3. The van der Waals surface area contributed by atoms with Gasteiger partial charge in [0.2, 0.25) is 10.0 Å². The second-order valence-electron chi connectivity index (χ2n) is 5.81. The number of halogens is 2. The van der Waals surface area contributed by atoms with Crippen molar-refractivity contribution in [1.29, 1.82) is 0 Å². The van der Waals surface area contributed by atoms with Gasteiger partial charge >= 0.3 is 0 Å². The van der Waals surface area contributed by atoms with Crippen LogP contribution in [0.15, 0.2) is 36.4 Å². The van der Waals surface area contributed by atoms with E-state index in [1.807, 2.05) is 0 Å². The van der Waals surface area contributed by atoms with Crippen molar-refractivity contribution in [2.24, 2.45) is 0 Å². The highest BCUT2D eigenvalue weighted by Crippen LogP contribution is 2.27. The summed E-state index contributed by atoms with van der Waals surface area (Å²) in [5.41, 5.74) is -0.0465. The van der Waals surface area contributed by atoms with E-state index >= 15 is 0 Å². The molecule has 1 aliphatic heterocycles. The van der Waals surface area contributed by atoms with Crippen LogP contribution in [0.25, 0.3) is 0 Å². The van der Waals surface area contributed by atoms with Crippen LogP contribution in [0.1, 0.15) is 12.0 Å². The second-order valence-corrected chi connectivity index (χ2v) is 7.82. The van der Waals surface area contributed by atoms with Crippen molar-refractivity contribution >= 4 is 27.1 Å². The highest BCUT2D eigenvalue weighted by atomic mass is 32.2. The van der Waals surface area contributed by atoms with Crippen LogP contribution in [-0.4, -0.2) is 25.6 Å². The first kappa shape index (κ1) is 18.1. The molecule has 0 amide bonds. The molecule has 1 fully saturated rings. The average Bonchev–Trinajstić information content (AvgIpc) is 2.93. The second kappa shape index (κ2) is 6.87. The van der Waals surface area contributed by atoms with E-state index in [1.165, 1.54) is 4.31 Å². The Balaban J connectivity index is 1.79. The summed E-state index contributed by atoms with van der Waals surface area (Å²) in [5, 5.41) is 13.2. The molecule has 0 radical (unpaired) electrons. The summed E-state index contributed by atoms with van der Waals surface area (Å²) in [4.78, 5) is 9.73. The van der Waals surface area contributed by atoms with Crippen LogP contribution in [0.5, 0.6) is 0 Å². The van der Waals surface area contributed by atoms with Gasteiger partial charge in [-0.3, -0.25) is 14.4 Å². The van der Waals surface area contributed by atoms with Crippen LogP contribution >= 0.6 is 0 Å². The maximum absolute atomic E-state index is 13.9. The first-order valence-corrected chi connectivity index (χ1v) is 9.35. The minimum absolute atomic E-state index is 0.0212. The molecule has 0 aromatic heterocycles. The summed E-state index contributed by atoms with van der Waals surface area (Å²) in [6.07, 6.45) is 0.546. The summed E-state index contributed by atoms with van der Waals surface area (Å²) >= 11 is 0. The molecule has 1 saturated heterocycles. The van der Waals surface area contributed by atoms with E-state index in [9.17, 15) is 27.3 Å². The Morgan fingerprint density at radius 3 is 2.46 bits per heavy atom. The summed E-state index contributed by atoms with van der Waals surface area (Å²) in [7, 11) is -3.32. The fourth-order valence-corrected chi connectivity index (χ4v) is 4.33. The Hall–Kier alpha value is -2.75. The number of hydrogen-bond donors (Lipinski definition) is 1. The summed E-state index contributed by atoms with van der Waals surface area (Å²) in [6.45, 7) is 0.415. The van der Waals surface area contributed by atoms with Crippen LogP contribution in [0.2, 0.25) is 0 Å². The number of benzene rings is 2. The molecule has 0 unspecified atom stereocenters. The smallest absolute Gasteiger partial charge is 0.275 e. The number of hydrogen-bond acceptors (Lipinski definition) is 5. The molecule has 0 atom stereocenters. The van der Waals surface area contributed by atoms with Gasteiger partial charge < -0.3 is 5.32 Å². The summed E-state index contributed by atoms with van der Waals surface area (Å²) in [5.74, 6) is -2.06. The first-order valence-electron chi connectivity index (χ1n) is 7.74. The van der Waals surface area contributed by atoms with Crippen molar-refractivity contribution in [2.75, 3.05) is 21.9 Å². The van der Waals surface area contributed by atoms with E-state index in [0.717, 1.165) is 0 Å². The Morgan fingerprint density at radius 2 is 1.88 bits per heavy atom. The van der Waals surface area contributed by atoms with E-state index in [0.29, 0.717) is 36.3 Å². The van der Waals surface area contributed by atoms with Crippen LogP contribution in [-0.2, 0) is 16.6 Å². The zero-order chi connectivity index (χ0) is 18.9. The van der Waals surface area contributed by atoms with Gasteiger partial charge in [-0.25, -0.2) is 17.2 Å². The lowest BCUT2D eigenvalue weighted by Crippen LogP contribution is -2.25. The molecule has 0 aliphatic carbocycles. The molecule has 1 aliphatic rings. The molecule has 0 saturated carbocycles. The van der Waals surface area contributed by atoms with Crippen LogP contribution in [0, 0.1) is 21.7 Å². The maximum atomic E-state index is 13.9. The molecule has 1 N–H and O–H groups in total. The van der Waals surface area contributed by atoms with Gasteiger partial charge in [-0.1, -0.05) is 12.1 Å². The molecule has 138 valence electrons. The number of nitro groups is 1. The van der Waals surface area contributed by atoms with Gasteiger partial charge in [0.1, 0.15) is 5.69 Å². The quantitative estimate of drug-likeness (QED) is 0.633. The SMILES string of the molecule is O=[N+]([O-])c1cc(F)c(NCc2cccc(N3CCCS3(=O)=O)c2)c(F)c1. The highest BCUT2D eigenvalue weighted by molar-refractivity contribution is 7.93. The number of non-ortho nitro benzene ring substituents is 1. The van der Waals surface area contributed by atoms with Gasteiger partial charge in [0.15, 0.2) is 11.6 Å². The van der Waals surface area contributed by atoms with E-state index in [1.54, 1.807) is 24.3 Å². The fourth-order valence-electron chi connectivity index (χ4n) is 2.78. The van der Waals surface area contributed by atoms with Crippen LogP contribution in [0.3, 0.4) is 0 Å². The fraction of sp³-hybridized carbons (Fsp3) is 0.250. The van der Waals surface area contributed by atoms with Gasteiger partial charge in [-0.05, 0) is 24.1 Å². The number of rotatable bonds is 5. The van der Waals surface area contributed by atoms with Gasteiger partial charge in [0, 0.05) is 13.1 Å². The highest BCUT2D eigenvalue weighted by Gasteiger charge is 2.28. The molecule has 10 heteroatoms. The molecule has 7 nitrogen and oxygen atoms in total. The van der Waals surface area contributed by atoms with Crippen molar-refractivity contribution in [3.63, 3.8) is 0 Å². The third kappa shape index (κ3) is 3.59. The van der Waals surface area contributed by atoms with E-state index < -0.39 is 38.0 Å². The van der Waals surface area contributed by atoms with E-state index in [2.05, 4.69) is 5.32 Å². The largest absolute Gasteiger partial charge is 0.376 e. The summed E-state index contributed by atoms with van der Waals surface area (Å²) < 4.78 is 53.1. The summed E-state index contributed by atoms with van der Waals surface area (Å²) in [6, 6.07) is 7.89. The van der Waals surface area contributed by atoms with Crippen molar-refractivity contribution in [3.05, 3.63) is 63.7 Å². The lowest BCUT2D eigenvalue weighted by molar-refractivity contribution is -0.385. The Bertz CT molecular complexity index is 943. The Labute approximate surface area is 148 Å². The lowest BCUT2D eigenvalue weighted by Gasteiger charge is -2.18. The Morgan fingerprint density at radius 1 is 1.19 bits per heavy atom. The number of sulfonamides is 1. The topological polar surface area (TPSA) is 92.6 Å². The van der Waals surface area contributed by atoms with Crippen molar-refractivity contribution < 1.29 is 22.1 Å². The Kier molecular flexibility index (Phi) is 4.77. The minimum Gasteiger partial charge on any atom is -0.376 e. The third-order valence-electron chi connectivity index (χ3n) is 4.00. The number of nitrogens with zero attached hydrogens (tertiary/aromatic N) is 2. The van der Waals surface area contributed by atoms with E-state index in [-0.39, 0.29) is 12.3 Å². The number of nitro benzene ring substituents is 1. The molecule has 0 spiro atoms. The molecule has 2 aromatic carbocycles. The normalized spacial score (nSPS) is 15.8. The van der Waals surface area contributed by atoms with Crippen molar-refractivity contribution in [3.8, 4) is 0 Å². The van der Waals surface area contributed by atoms with Gasteiger partial charge in [-0.2, -0.15) is 0 Å². The molecule has 1 heterocycles. The number of nitrogens with one attached hydrogen (secondary N) is 1.